The number of carbonyl (C=O) groups is 1. The van der Waals surface area contributed by atoms with E-state index in [9.17, 15) is 4.79 Å². The Kier molecular flexibility index (Phi) is 3.69. The summed E-state index contributed by atoms with van der Waals surface area (Å²) in [6.07, 6.45) is 2.28. The molecule has 1 saturated heterocycles. The standard InChI is InChI=1S/C9H18N2O/c1-3-10-6-5-7-11(4-2)9(10)8-12/h8-9H,3-7H2,1-2H3. The van der Waals surface area contributed by atoms with E-state index < -0.39 is 0 Å². The van der Waals surface area contributed by atoms with E-state index >= 15 is 0 Å². The van der Waals surface area contributed by atoms with Gasteiger partial charge in [0.05, 0.1) is 0 Å². The van der Waals surface area contributed by atoms with Crippen LogP contribution in [0.3, 0.4) is 0 Å². The Morgan fingerprint density at radius 3 is 2.08 bits per heavy atom. The number of hydrogen-bond donors (Lipinski definition) is 0. The molecule has 0 aromatic heterocycles. The van der Waals surface area contributed by atoms with Crippen molar-refractivity contribution in [3.63, 3.8) is 0 Å². The van der Waals surface area contributed by atoms with Crippen molar-refractivity contribution in [2.45, 2.75) is 26.4 Å². The maximum atomic E-state index is 10.8. The zero-order chi connectivity index (χ0) is 8.97. The van der Waals surface area contributed by atoms with Crippen molar-refractivity contribution in [2.75, 3.05) is 26.2 Å². The Morgan fingerprint density at radius 1 is 1.25 bits per heavy atom. The van der Waals surface area contributed by atoms with Crippen LogP contribution in [0.1, 0.15) is 20.3 Å². The van der Waals surface area contributed by atoms with Crippen LogP contribution in [0.2, 0.25) is 0 Å². The molecule has 0 atom stereocenters. The van der Waals surface area contributed by atoms with Crippen LogP contribution in [-0.4, -0.2) is 48.4 Å². The predicted molar refractivity (Wildman–Crippen MR) is 49.0 cm³/mol. The second-order valence-corrected chi connectivity index (χ2v) is 3.16. The van der Waals surface area contributed by atoms with E-state index in [1.54, 1.807) is 0 Å². The van der Waals surface area contributed by atoms with Crippen LogP contribution in [0.5, 0.6) is 0 Å². The van der Waals surface area contributed by atoms with E-state index in [4.69, 9.17) is 0 Å². The van der Waals surface area contributed by atoms with Crippen molar-refractivity contribution in [2.24, 2.45) is 0 Å². The molecule has 0 amide bonds. The van der Waals surface area contributed by atoms with Crippen LogP contribution in [0.15, 0.2) is 0 Å². The smallest absolute Gasteiger partial charge is 0.151 e. The van der Waals surface area contributed by atoms with Crippen molar-refractivity contribution >= 4 is 6.29 Å². The van der Waals surface area contributed by atoms with E-state index in [2.05, 4.69) is 23.6 Å². The summed E-state index contributed by atoms with van der Waals surface area (Å²) in [7, 11) is 0. The van der Waals surface area contributed by atoms with Gasteiger partial charge in [0, 0.05) is 13.1 Å². The molecule has 0 N–H and O–H groups in total. The third-order valence-corrected chi connectivity index (χ3v) is 2.57. The van der Waals surface area contributed by atoms with Gasteiger partial charge in [-0.2, -0.15) is 0 Å². The van der Waals surface area contributed by atoms with E-state index in [1.807, 2.05) is 0 Å². The van der Waals surface area contributed by atoms with Gasteiger partial charge in [0.1, 0.15) is 6.17 Å². The van der Waals surface area contributed by atoms with E-state index in [0.717, 1.165) is 32.5 Å². The van der Waals surface area contributed by atoms with Crippen molar-refractivity contribution < 1.29 is 4.79 Å². The number of rotatable bonds is 3. The number of carbonyl (C=O) groups excluding carboxylic acids is 1. The van der Waals surface area contributed by atoms with Crippen molar-refractivity contribution in [1.29, 1.82) is 0 Å². The summed E-state index contributed by atoms with van der Waals surface area (Å²) in [6, 6.07) is 0. The minimum Gasteiger partial charge on any atom is -0.300 e. The number of aldehydes is 1. The van der Waals surface area contributed by atoms with Crippen LogP contribution < -0.4 is 0 Å². The molecule has 0 unspecified atom stereocenters. The quantitative estimate of drug-likeness (QED) is 0.578. The monoisotopic (exact) mass is 170 g/mol. The highest BCUT2D eigenvalue weighted by atomic mass is 16.1. The molecule has 0 aliphatic carbocycles. The molecular weight excluding hydrogens is 152 g/mol. The number of likely N-dealkylation sites (N-methyl/N-ethyl adjacent to an activating group) is 2. The van der Waals surface area contributed by atoms with Gasteiger partial charge in [0.15, 0.2) is 6.29 Å². The SMILES string of the molecule is CCN1CCCN(CC)C1C=O. The molecule has 0 saturated carbocycles. The summed E-state index contributed by atoms with van der Waals surface area (Å²) in [4.78, 5) is 15.3. The Bertz CT molecular complexity index is 137. The predicted octanol–water partition coefficient (Wildman–Crippen LogP) is 0.559. The lowest BCUT2D eigenvalue weighted by molar-refractivity contribution is -0.121. The van der Waals surface area contributed by atoms with Gasteiger partial charge in [-0.15, -0.1) is 0 Å². The second-order valence-electron chi connectivity index (χ2n) is 3.16. The highest BCUT2D eigenvalue weighted by Crippen LogP contribution is 2.11. The molecule has 0 aromatic carbocycles. The van der Waals surface area contributed by atoms with Crippen molar-refractivity contribution in [3.05, 3.63) is 0 Å². The maximum Gasteiger partial charge on any atom is 0.151 e. The molecule has 1 fully saturated rings. The first kappa shape index (κ1) is 9.68. The molecule has 3 heteroatoms. The fourth-order valence-corrected chi connectivity index (χ4v) is 1.83. The third kappa shape index (κ3) is 1.84. The van der Waals surface area contributed by atoms with E-state index in [1.165, 1.54) is 6.42 Å². The summed E-state index contributed by atoms with van der Waals surface area (Å²) in [5, 5.41) is 0. The van der Waals surface area contributed by atoms with Crippen molar-refractivity contribution in [3.8, 4) is 0 Å². The van der Waals surface area contributed by atoms with Crippen LogP contribution >= 0.6 is 0 Å². The summed E-state index contributed by atoms with van der Waals surface area (Å²) in [5.41, 5.74) is 0. The zero-order valence-electron chi connectivity index (χ0n) is 7.99. The first-order valence-electron chi connectivity index (χ1n) is 4.76. The van der Waals surface area contributed by atoms with Crippen LogP contribution in [-0.2, 0) is 4.79 Å². The average Bonchev–Trinajstić information content (AvgIpc) is 2.16. The highest BCUT2D eigenvalue weighted by Gasteiger charge is 2.25. The average molecular weight is 170 g/mol. The molecule has 0 bridgehead atoms. The lowest BCUT2D eigenvalue weighted by atomic mass is 10.2. The summed E-state index contributed by atoms with van der Waals surface area (Å²) < 4.78 is 0. The molecule has 70 valence electrons. The summed E-state index contributed by atoms with van der Waals surface area (Å²) in [5.74, 6) is 0. The Labute approximate surface area is 74.3 Å². The molecule has 1 rings (SSSR count). The van der Waals surface area contributed by atoms with Crippen LogP contribution in [0.4, 0.5) is 0 Å². The minimum atomic E-state index is 0.0359. The molecule has 12 heavy (non-hydrogen) atoms. The summed E-state index contributed by atoms with van der Waals surface area (Å²) in [6.45, 7) is 8.29. The fraction of sp³-hybridized carbons (Fsp3) is 0.889. The number of hydrogen-bond acceptors (Lipinski definition) is 3. The largest absolute Gasteiger partial charge is 0.300 e. The van der Waals surface area contributed by atoms with Gasteiger partial charge in [0.2, 0.25) is 0 Å². The fourth-order valence-electron chi connectivity index (χ4n) is 1.83. The first-order chi connectivity index (χ1) is 5.83. The summed E-state index contributed by atoms with van der Waals surface area (Å²) >= 11 is 0. The third-order valence-electron chi connectivity index (χ3n) is 2.57. The molecule has 0 radical (unpaired) electrons. The molecule has 0 spiro atoms. The normalized spacial score (nSPS) is 22.8. The minimum absolute atomic E-state index is 0.0359. The van der Waals surface area contributed by atoms with E-state index in [0.29, 0.717) is 0 Å². The van der Waals surface area contributed by atoms with Gasteiger partial charge in [0.25, 0.3) is 0 Å². The topological polar surface area (TPSA) is 23.6 Å². The van der Waals surface area contributed by atoms with Gasteiger partial charge < -0.3 is 4.79 Å². The molecule has 0 aromatic rings. The molecule has 1 aliphatic rings. The lowest BCUT2D eigenvalue weighted by Gasteiger charge is -2.39. The van der Waals surface area contributed by atoms with Gasteiger partial charge in [-0.05, 0) is 19.5 Å². The molecular formula is C9H18N2O. The van der Waals surface area contributed by atoms with Crippen molar-refractivity contribution in [1.82, 2.24) is 9.80 Å². The molecule has 1 aliphatic heterocycles. The number of nitrogens with zero attached hydrogens (tertiary/aromatic N) is 2. The molecule has 1 heterocycles. The Balaban J connectivity index is 2.58. The van der Waals surface area contributed by atoms with E-state index in [-0.39, 0.29) is 6.17 Å². The van der Waals surface area contributed by atoms with Gasteiger partial charge in [-0.1, -0.05) is 13.8 Å². The maximum absolute atomic E-state index is 10.8. The Hall–Kier alpha value is -0.410. The molecule has 3 nitrogen and oxygen atoms in total. The van der Waals surface area contributed by atoms with Gasteiger partial charge >= 0.3 is 0 Å². The highest BCUT2D eigenvalue weighted by molar-refractivity contribution is 5.57. The second kappa shape index (κ2) is 4.58. The zero-order valence-corrected chi connectivity index (χ0v) is 7.99. The van der Waals surface area contributed by atoms with Gasteiger partial charge in [-0.25, -0.2) is 0 Å². The Morgan fingerprint density at radius 2 is 1.75 bits per heavy atom. The lowest BCUT2D eigenvalue weighted by Crippen LogP contribution is -2.54. The van der Waals surface area contributed by atoms with Crippen LogP contribution in [0.25, 0.3) is 0 Å². The van der Waals surface area contributed by atoms with Gasteiger partial charge in [-0.3, -0.25) is 9.80 Å². The first-order valence-corrected chi connectivity index (χ1v) is 4.76. The van der Waals surface area contributed by atoms with Crippen LogP contribution in [0, 0.1) is 0 Å².